The number of aryl methyl sites for hydroxylation is 1. The number of hydrogen-bond acceptors (Lipinski definition) is 27. The van der Waals surface area contributed by atoms with Crippen LogP contribution in [0.1, 0.15) is 144 Å². The SMILES string of the molecule is C[C@@H](O)C(=O)N1CCC(c2nc3c(-c4ccc(-c5ccc(F)cc5F)nc4)cnn3c(N)c2Br)CC1.C[C@@H](O)C(=O)N1CCC(c2nc3c(-c4ccc(-c5ccc(OC(C)(F)F)cc5)nc4)cnn3c(N)c2Br)CC1.C[C@@H](O)C(=O)N1CCC(c2nc3c(-c4ccc(-c5ccnn5C)nc4)cnn3c(N)c2Br)CC1.C[C@@H](O)C(=O)N1CCC(c2nc3c(-c4ccc(-c5cnc6c(c5)CC=C6)nc4)cnn3c(N)c2Br)CC1. The van der Waals surface area contributed by atoms with Crippen molar-refractivity contribution >= 4 is 139 Å². The molecular weight excluding hydrogens is 2140 g/mol. The molecule has 0 unspecified atom stereocenters. The number of fused-ring (bicyclic) bond motifs is 5. The lowest BCUT2D eigenvalue weighted by Crippen LogP contribution is -2.42. The van der Waals surface area contributed by atoms with Crippen LogP contribution in [-0.2, 0) is 32.6 Å². The number of nitrogens with two attached hydrogens (primary N) is 4. The van der Waals surface area contributed by atoms with Gasteiger partial charge in [-0.15, -0.1) is 0 Å². The summed E-state index contributed by atoms with van der Waals surface area (Å²) < 4.78 is 69.1. The molecule has 21 rings (SSSR count). The number of allylic oxidation sites excluding steroid dienone is 1. The second kappa shape index (κ2) is 43.0. The molecule has 1 aliphatic carbocycles. The van der Waals surface area contributed by atoms with E-state index in [4.69, 9.17) is 47.9 Å². The molecule has 4 aliphatic heterocycles. The first kappa shape index (κ1) is 102. The first-order valence-corrected chi connectivity index (χ1v) is 50.5. The number of rotatable bonds is 18. The van der Waals surface area contributed by atoms with Crippen LogP contribution >= 0.6 is 63.7 Å². The molecule has 4 saturated heterocycles. The van der Waals surface area contributed by atoms with E-state index < -0.39 is 42.2 Å². The molecule has 36 nitrogen and oxygen atoms in total. The third-order valence-electron chi connectivity index (χ3n) is 26.7. The van der Waals surface area contributed by atoms with Gasteiger partial charge in [-0.3, -0.25) is 48.8 Å². The Kier molecular flexibility index (Phi) is 30.0. The van der Waals surface area contributed by atoms with E-state index in [0.717, 1.165) is 137 Å². The molecule has 2 aromatic carbocycles. The van der Waals surface area contributed by atoms with Gasteiger partial charge in [0.05, 0.1) is 99.6 Å². The summed E-state index contributed by atoms with van der Waals surface area (Å²) in [5, 5.41) is 60.4. The van der Waals surface area contributed by atoms with Crippen molar-refractivity contribution in [2.24, 2.45) is 7.05 Å². The number of nitrogens with zero attached hydrogens (tertiary/aromatic N) is 23. The number of carbonyl (C=O) groups is 4. The van der Waals surface area contributed by atoms with Gasteiger partial charge < -0.3 is 67.7 Å². The van der Waals surface area contributed by atoms with Gasteiger partial charge in [0, 0.05) is 194 Å². The molecule has 754 valence electrons. The third-order valence-corrected chi connectivity index (χ3v) is 30.0. The molecule has 44 heteroatoms. The number of benzene rings is 2. The van der Waals surface area contributed by atoms with Crippen LogP contribution in [0, 0.1) is 11.6 Å². The van der Waals surface area contributed by atoms with E-state index in [1.54, 1.807) is 116 Å². The Labute approximate surface area is 867 Å². The number of alkyl halides is 2. The molecular formula is C102H101Br4F4N27O9. The van der Waals surface area contributed by atoms with Crippen LogP contribution < -0.4 is 27.7 Å². The van der Waals surface area contributed by atoms with E-state index in [0.29, 0.717) is 162 Å². The van der Waals surface area contributed by atoms with E-state index in [1.807, 2.05) is 68.0 Å². The Balaban J connectivity index is 0.000000128. The van der Waals surface area contributed by atoms with Gasteiger partial charge in [-0.25, -0.2) is 28.7 Å². The summed E-state index contributed by atoms with van der Waals surface area (Å²) in [7, 11) is 1.88. The summed E-state index contributed by atoms with van der Waals surface area (Å²) in [6.45, 7) is 11.0. The molecule has 16 aromatic rings. The highest BCUT2D eigenvalue weighted by Gasteiger charge is 2.37. The van der Waals surface area contributed by atoms with Gasteiger partial charge in [-0.05, 0) is 234 Å². The molecule has 4 atom stereocenters. The average molecular weight is 2240 g/mol. The highest BCUT2D eigenvalue weighted by molar-refractivity contribution is 9.11. The quantitative estimate of drug-likeness (QED) is 0.0370. The Morgan fingerprint density at radius 1 is 0.397 bits per heavy atom. The number of likely N-dealkylation sites (tertiary alicyclic amines) is 4. The second-order valence-corrected chi connectivity index (χ2v) is 39.7. The predicted octanol–water partition coefficient (Wildman–Crippen LogP) is 15.5. The lowest BCUT2D eigenvalue weighted by atomic mass is 9.93. The highest BCUT2D eigenvalue weighted by atomic mass is 79.9. The van der Waals surface area contributed by atoms with Crippen LogP contribution in [0.2, 0.25) is 0 Å². The molecule has 0 saturated carbocycles. The molecule has 0 radical (unpaired) electrons. The summed E-state index contributed by atoms with van der Waals surface area (Å²) >= 11 is 14.4. The van der Waals surface area contributed by atoms with E-state index in [2.05, 4.69) is 126 Å². The number of hydrogen-bond donors (Lipinski definition) is 8. The first-order chi connectivity index (χ1) is 70.0. The predicted molar refractivity (Wildman–Crippen MR) is 554 cm³/mol. The number of anilines is 4. The number of pyridine rings is 5. The minimum atomic E-state index is -3.25. The van der Waals surface area contributed by atoms with E-state index in [1.165, 1.54) is 57.5 Å². The molecule has 14 aromatic heterocycles. The van der Waals surface area contributed by atoms with Crippen molar-refractivity contribution in [3.8, 4) is 95.4 Å². The summed E-state index contributed by atoms with van der Waals surface area (Å²) in [6, 6.07) is 28.9. The fraction of sp³-hybridized carbons (Fsp3) is 0.314. The number of aliphatic hydroxyl groups excluding tert-OH is 4. The average Bonchev–Trinajstić information content (AvgIpc) is 1.59. The standard InChI is InChI=1S/C27H27BrF2N6O3.C27H26BrN7O2.C25H23BrF2N6O2.C23H25BrN8O2/c1-15(37)26(38)35-11-9-17(10-12-35)23-22(28)24(31)36-25(34-23)20(14-33-36)18-5-8-21(32-13-18)16-3-6-19(7-4-16)39-27(2,29)30;1-15(36)27(37)34-9-7-16(8-10-34)24-23(28)25(29)35-26(33-24)20(14-32-35)18-5-6-22(30-12-18)19-11-17-3-2-4-21(17)31-13-19;1-13(35)25(36)33-8-6-14(7-9-33)22-21(26)23(29)34-24(32-22)18(12-31-34)15-2-5-20(30-11-15)17-4-3-16(27)10-19(17)28;1-13(33)23(34)31-9-6-14(7-10-31)20-19(24)21(25)32-22(29-20)16(12-28-32)15-3-4-17(26-11-15)18-5-8-27-30(18)2/h3-8,13-15,17,37H,9-12,31H2,1-2H3;2,4-6,11-16,36H,3,7-10,29H2,1H3;2-5,10-14,35H,6-9,29H2,1H3;3-5,8,11-14,33H,6-7,9-10,25H2,1-2H3/t2*15-;2*13-/m1111/s1. The smallest absolute Gasteiger partial charge is 0.394 e. The van der Waals surface area contributed by atoms with E-state index >= 15 is 0 Å². The molecule has 0 spiro atoms. The fourth-order valence-electron chi connectivity index (χ4n) is 18.9. The normalized spacial score (nSPS) is 15.7. The number of carbonyl (C=O) groups excluding carboxylic acids is 4. The van der Waals surface area contributed by atoms with E-state index in [9.17, 15) is 57.2 Å². The lowest BCUT2D eigenvalue weighted by molar-refractivity contribution is -0.159. The maximum absolute atomic E-state index is 14.2. The minimum absolute atomic E-state index is 0.0643. The number of aliphatic hydroxyl groups is 4. The summed E-state index contributed by atoms with van der Waals surface area (Å²) in [6.07, 6.45) is 20.9. The largest absolute Gasteiger partial charge is 0.433 e. The molecule has 4 amide bonds. The van der Waals surface area contributed by atoms with Gasteiger partial charge in [-0.2, -0.15) is 52.3 Å². The first-order valence-electron chi connectivity index (χ1n) is 47.3. The summed E-state index contributed by atoms with van der Waals surface area (Å²) in [4.78, 5) is 97.9. The Morgan fingerprint density at radius 3 is 1.03 bits per heavy atom. The van der Waals surface area contributed by atoms with Gasteiger partial charge in [0.15, 0.2) is 22.6 Å². The zero-order valence-electron chi connectivity index (χ0n) is 79.8. The van der Waals surface area contributed by atoms with Gasteiger partial charge in [0.25, 0.3) is 23.6 Å². The van der Waals surface area contributed by atoms with Gasteiger partial charge in [-0.1, -0.05) is 30.3 Å². The minimum Gasteiger partial charge on any atom is -0.433 e. The number of halogens is 8. The topological polar surface area (TPSA) is 478 Å². The fourth-order valence-corrected chi connectivity index (χ4v) is 21.2. The highest BCUT2D eigenvalue weighted by Crippen LogP contribution is 2.45. The van der Waals surface area contributed by atoms with Crippen molar-refractivity contribution in [1.29, 1.82) is 0 Å². The maximum atomic E-state index is 14.2. The number of ether oxygens (including phenoxy) is 1. The molecule has 146 heavy (non-hydrogen) atoms. The second-order valence-electron chi connectivity index (χ2n) is 36.6. The zero-order chi connectivity index (χ0) is 103. The molecule has 0 bridgehead atoms. The van der Waals surface area contributed by atoms with Crippen molar-refractivity contribution in [1.82, 2.24) is 113 Å². The monoisotopic (exact) mass is 2240 g/mol. The van der Waals surface area contributed by atoms with Crippen LogP contribution in [0.3, 0.4) is 0 Å². The van der Waals surface area contributed by atoms with Crippen molar-refractivity contribution < 1.29 is 61.9 Å². The summed E-state index contributed by atoms with van der Waals surface area (Å²) in [5.41, 5.74) is 45.7. The molecule has 5 aliphatic rings. The third kappa shape index (κ3) is 21.3. The Bertz CT molecular complexity index is 7620. The van der Waals surface area contributed by atoms with Crippen LogP contribution in [0.25, 0.3) is 118 Å². The van der Waals surface area contributed by atoms with E-state index in [-0.39, 0.29) is 58.6 Å². The maximum Gasteiger partial charge on any atom is 0.394 e. The van der Waals surface area contributed by atoms with Gasteiger partial charge in [0.2, 0.25) is 0 Å². The molecule has 4 fully saturated rings. The van der Waals surface area contributed by atoms with Gasteiger partial charge in [0.1, 0.15) is 65.1 Å². The van der Waals surface area contributed by atoms with Gasteiger partial charge >= 0.3 is 6.11 Å². The Hall–Kier alpha value is -14.0. The van der Waals surface area contributed by atoms with Crippen LogP contribution in [0.4, 0.5) is 40.8 Å². The summed E-state index contributed by atoms with van der Waals surface area (Å²) in [5.74, 6) is -0.0796. The Morgan fingerprint density at radius 2 is 0.719 bits per heavy atom. The van der Waals surface area contributed by atoms with Crippen LogP contribution in [-0.4, -0.2) is 240 Å². The molecule has 18 heterocycles. The number of piperidine rings is 4. The lowest BCUT2D eigenvalue weighted by Gasteiger charge is -2.33. The number of amides is 4. The molecule has 12 N–H and O–H groups in total. The number of aromatic nitrogens is 19. The van der Waals surface area contributed by atoms with Crippen molar-refractivity contribution in [2.75, 3.05) is 75.3 Å². The van der Waals surface area contributed by atoms with Crippen LogP contribution in [0.15, 0.2) is 189 Å². The van der Waals surface area contributed by atoms with Crippen molar-refractivity contribution in [3.63, 3.8) is 0 Å². The van der Waals surface area contributed by atoms with Crippen molar-refractivity contribution in [3.05, 3.63) is 235 Å². The van der Waals surface area contributed by atoms with Crippen LogP contribution in [0.5, 0.6) is 5.75 Å². The zero-order valence-corrected chi connectivity index (χ0v) is 86.2. The number of nitrogen functional groups attached to an aromatic ring is 4. The van der Waals surface area contributed by atoms with Crippen molar-refractivity contribution in [2.45, 2.75) is 147 Å².